The molecule has 2 aromatic heterocycles. The number of phenolic OH excluding ortho intramolecular Hbond substituents is 4. The third-order valence-corrected chi connectivity index (χ3v) is 7.49. The lowest BCUT2D eigenvalue weighted by molar-refractivity contribution is -0.383. The molecule has 33 heavy (non-hydrogen) atoms. The highest BCUT2D eigenvalue weighted by atomic mass is 35.5. The van der Waals surface area contributed by atoms with Crippen LogP contribution in [0.3, 0.4) is 0 Å². The van der Waals surface area contributed by atoms with Gasteiger partial charge in [-0.1, -0.05) is 23.2 Å². The normalized spacial score (nSPS) is 10.7. The molecular weight excluding hydrogens is 525 g/mol. The Morgan fingerprint density at radius 2 is 1.30 bits per heavy atom. The van der Waals surface area contributed by atoms with Crippen molar-refractivity contribution < 1.29 is 45.2 Å². The van der Waals surface area contributed by atoms with Gasteiger partial charge in [0.15, 0.2) is 17.2 Å². The zero-order valence-electron chi connectivity index (χ0n) is 15.6. The molecule has 0 aliphatic heterocycles. The number of hydrogen-bond donors (Lipinski definition) is 6. The molecule has 11 nitrogen and oxygen atoms in total. The quantitative estimate of drug-likeness (QED) is 0.115. The smallest absolute Gasteiger partial charge is 0.347 e. The lowest BCUT2D eigenvalue weighted by Crippen LogP contribution is -1.91. The van der Waals surface area contributed by atoms with E-state index in [2.05, 4.69) is 0 Å². The van der Waals surface area contributed by atoms with Crippen LogP contribution in [0.25, 0.3) is 20.2 Å². The highest BCUT2D eigenvalue weighted by Gasteiger charge is 2.28. The summed E-state index contributed by atoms with van der Waals surface area (Å²) in [7, 11) is 0. The third-order valence-electron chi connectivity index (χ3n) is 4.14. The number of nitro benzene ring substituents is 1. The van der Waals surface area contributed by atoms with E-state index in [4.69, 9.17) is 33.4 Å². The number of thiophene rings is 2. The Bertz CT molecular complexity index is 1480. The van der Waals surface area contributed by atoms with E-state index in [9.17, 15) is 40.1 Å². The predicted octanol–water partition coefficient (Wildman–Crippen LogP) is 5.24. The minimum absolute atomic E-state index is 0.00309. The number of aromatic hydroxyl groups is 4. The number of fused-ring (bicyclic) bond motifs is 2. The van der Waals surface area contributed by atoms with E-state index >= 15 is 0 Å². The molecule has 2 heterocycles. The number of nitrogens with zero attached hydrogens (tertiary/aromatic N) is 1. The first-order valence-electron chi connectivity index (χ1n) is 8.27. The molecule has 0 aliphatic rings. The summed E-state index contributed by atoms with van der Waals surface area (Å²) in [6.45, 7) is 0. The summed E-state index contributed by atoms with van der Waals surface area (Å²) in [5, 5.41) is 66.1. The van der Waals surface area contributed by atoms with Gasteiger partial charge in [0.05, 0.1) is 15.0 Å². The number of carboxylic acid groups (broad SMARTS) is 2. The van der Waals surface area contributed by atoms with Crippen LogP contribution in [0.4, 0.5) is 5.69 Å². The second-order valence-electron chi connectivity index (χ2n) is 6.16. The van der Waals surface area contributed by atoms with Gasteiger partial charge in [-0.3, -0.25) is 10.1 Å². The topological polar surface area (TPSA) is 199 Å². The lowest BCUT2D eigenvalue weighted by atomic mass is 10.2. The molecule has 15 heteroatoms. The van der Waals surface area contributed by atoms with Crippen LogP contribution >= 0.6 is 45.9 Å². The molecule has 6 N–H and O–H groups in total. The number of hydrogen-bond acceptors (Lipinski definition) is 10. The number of halogens is 2. The summed E-state index contributed by atoms with van der Waals surface area (Å²) in [5.41, 5.74) is -0.760. The van der Waals surface area contributed by atoms with Gasteiger partial charge >= 0.3 is 17.6 Å². The van der Waals surface area contributed by atoms with Gasteiger partial charge in [-0.05, 0) is 12.1 Å². The molecule has 0 bridgehead atoms. The van der Waals surface area contributed by atoms with E-state index in [-0.39, 0.29) is 41.4 Å². The summed E-state index contributed by atoms with van der Waals surface area (Å²) < 4.78 is 0.422. The summed E-state index contributed by atoms with van der Waals surface area (Å²) in [6.07, 6.45) is 0. The molecular formula is C18H9Cl2NO10S2. The molecule has 4 rings (SSSR count). The molecule has 0 aliphatic carbocycles. The Balaban J connectivity index is 0.000000189. The first kappa shape index (κ1) is 24.1. The fourth-order valence-electron chi connectivity index (χ4n) is 2.70. The minimum Gasteiger partial charge on any atom is -0.504 e. The first-order valence-corrected chi connectivity index (χ1v) is 10.7. The van der Waals surface area contributed by atoms with Crippen LogP contribution in [0.5, 0.6) is 23.0 Å². The Morgan fingerprint density at radius 3 is 1.85 bits per heavy atom. The number of nitro groups is 1. The maximum Gasteiger partial charge on any atom is 0.347 e. The molecule has 0 saturated heterocycles. The number of phenols is 4. The molecule has 172 valence electrons. The summed E-state index contributed by atoms with van der Waals surface area (Å²) in [6, 6.07) is 3.52. The Hall–Kier alpha value is -3.52. The Morgan fingerprint density at radius 1 is 0.818 bits per heavy atom. The van der Waals surface area contributed by atoms with Crippen molar-refractivity contribution in [1.29, 1.82) is 0 Å². The fraction of sp³-hybridized carbons (Fsp3) is 0. The van der Waals surface area contributed by atoms with Gasteiger partial charge in [0.25, 0.3) is 0 Å². The molecule has 0 spiro atoms. The SMILES string of the molecule is O=C(O)c1sc2c([N+](=O)[O-])c(O)c(O)cc2c1Cl.O=C(O)c1sc2cc(O)c(O)cc2c1Cl. The van der Waals surface area contributed by atoms with E-state index < -0.39 is 34.0 Å². The zero-order chi connectivity index (χ0) is 24.8. The third kappa shape index (κ3) is 4.26. The van der Waals surface area contributed by atoms with Gasteiger partial charge in [0.2, 0.25) is 5.75 Å². The standard InChI is InChI=1S/C9H4ClNO6S.C9H5ClO4S/c10-4-2-1-3(12)6(13)5(11(16)17)7(2)18-8(4)9(14)15;10-7-3-1-4(11)5(12)2-6(3)15-8(7)9(13)14/h1,12-13H,(H,14,15);1-2,11-12H,(H,13,14). The maximum atomic E-state index is 10.9. The van der Waals surface area contributed by atoms with E-state index in [0.717, 1.165) is 17.4 Å². The first-order chi connectivity index (χ1) is 15.3. The van der Waals surface area contributed by atoms with Crippen LogP contribution in [0, 0.1) is 10.1 Å². The van der Waals surface area contributed by atoms with Crippen molar-refractivity contribution in [2.75, 3.05) is 0 Å². The van der Waals surface area contributed by atoms with E-state index in [1.165, 1.54) is 12.1 Å². The van der Waals surface area contributed by atoms with Crippen LogP contribution in [-0.2, 0) is 0 Å². The number of rotatable bonds is 3. The van der Waals surface area contributed by atoms with Crippen molar-refractivity contribution in [2.45, 2.75) is 0 Å². The number of carbonyl (C=O) groups is 2. The fourth-order valence-corrected chi connectivity index (χ4v) is 5.49. The largest absolute Gasteiger partial charge is 0.504 e. The second-order valence-corrected chi connectivity index (χ2v) is 8.99. The maximum absolute atomic E-state index is 10.9. The molecule has 0 atom stereocenters. The Labute approximate surface area is 199 Å². The number of aromatic carboxylic acids is 2. The van der Waals surface area contributed by atoms with Gasteiger partial charge < -0.3 is 30.6 Å². The monoisotopic (exact) mass is 533 g/mol. The van der Waals surface area contributed by atoms with Crippen molar-refractivity contribution in [3.05, 3.63) is 48.1 Å². The van der Waals surface area contributed by atoms with Gasteiger partial charge in [-0.25, -0.2) is 9.59 Å². The summed E-state index contributed by atoms with van der Waals surface area (Å²) in [5.74, 6) is -4.72. The highest BCUT2D eigenvalue weighted by molar-refractivity contribution is 7.22. The van der Waals surface area contributed by atoms with Crippen molar-refractivity contribution in [3.63, 3.8) is 0 Å². The van der Waals surface area contributed by atoms with Crippen LogP contribution < -0.4 is 0 Å². The van der Waals surface area contributed by atoms with Crippen LogP contribution in [-0.4, -0.2) is 47.5 Å². The van der Waals surface area contributed by atoms with Crippen molar-refractivity contribution in [2.24, 2.45) is 0 Å². The van der Waals surface area contributed by atoms with E-state index in [1.54, 1.807) is 0 Å². The van der Waals surface area contributed by atoms with Gasteiger partial charge in [0.1, 0.15) is 14.5 Å². The highest BCUT2D eigenvalue weighted by Crippen LogP contribution is 2.48. The molecule has 4 aromatic rings. The number of benzene rings is 2. The van der Waals surface area contributed by atoms with Crippen molar-refractivity contribution >= 4 is 83.7 Å². The molecule has 0 fully saturated rings. The average Bonchev–Trinajstić information content (AvgIpc) is 3.21. The van der Waals surface area contributed by atoms with E-state index in [1.807, 2.05) is 0 Å². The number of carboxylic acids is 2. The zero-order valence-corrected chi connectivity index (χ0v) is 18.7. The van der Waals surface area contributed by atoms with Crippen molar-refractivity contribution in [1.82, 2.24) is 0 Å². The predicted molar refractivity (Wildman–Crippen MR) is 121 cm³/mol. The van der Waals surface area contributed by atoms with Gasteiger partial charge in [-0.15, -0.1) is 22.7 Å². The van der Waals surface area contributed by atoms with Crippen molar-refractivity contribution in [3.8, 4) is 23.0 Å². The minimum atomic E-state index is -1.34. The lowest BCUT2D eigenvalue weighted by Gasteiger charge is -2.00. The van der Waals surface area contributed by atoms with E-state index in [0.29, 0.717) is 21.4 Å². The van der Waals surface area contributed by atoms with Crippen LogP contribution in [0.15, 0.2) is 18.2 Å². The molecule has 0 saturated carbocycles. The summed E-state index contributed by atoms with van der Waals surface area (Å²) >= 11 is 13.1. The average molecular weight is 534 g/mol. The van der Waals surface area contributed by atoms with Gasteiger partial charge in [-0.2, -0.15) is 0 Å². The molecule has 0 radical (unpaired) electrons. The van der Waals surface area contributed by atoms with Gasteiger partial charge in [0, 0.05) is 21.5 Å². The molecule has 2 aromatic carbocycles. The second kappa shape index (κ2) is 8.78. The van der Waals surface area contributed by atoms with Crippen LogP contribution in [0.2, 0.25) is 10.0 Å². The van der Waals surface area contributed by atoms with Crippen LogP contribution in [0.1, 0.15) is 19.3 Å². The summed E-state index contributed by atoms with van der Waals surface area (Å²) in [4.78, 5) is 31.3. The molecule has 0 unspecified atom stereocenters. The molecule has 0 amide bonds. The Kier molecular flexibility index (Phi) is 6.42.